The van der Waals surface area contributed by atoms with E-state index >= 15 is 0 Å². The molecule has 1 N–H and O–H groups in total. The van der Waals surface area contributed by atoms with E-state index in [0.717, 1.165) is 22.2 Å². The molecule has 84 valence electrons. The van der Waals surface area contributed by atoms with Gasteiger partial charge in [0.2, 0.25) is 0 Å². The molecular weight excluding hydrogens is 220 g/mol. The van der Waals surface area contributed by atoms with Gasteiger partial charge in [0.05, 0.1) is 24.1 Å². The van der Waals surface area contributed by atoms with Gasteiger partial charge in [0.25, 0.3) is 0 Å². The summed E-state index contributed by atoms with van der Waals surface area (Å²) in [6.07, 6.45) is 3.64. The van der Waals surface area contributed by atoms with E-state index in [1.807, 2.05) is 20.0 Å². The van der Waals surface area contributed by atoms with Crippen LogP contribution in [0.3, 0.4) is 0 Å². The van der Waals surface area contributed by atoms with E-state index in [9.17, 15) is 0 Å². The third-order valence-corrected chi connectivity index (χ3v) is 3.19. The fourth-order valence-corrected chi connectivity index (χ4v) is 2.00. The van der Waals surface area contributed by atoms with Gasteiger partial charge < -0.3 is 5.32 Å². The van der Waals surface area contributed by atoms with Gasteiger partial charge in [-0.1, -0.05) is 0 Å². The molecule has 0 aliphatic rings. The van der Waals surface area contributed by atoms with Gasteiger partial charge in [-0.05, 0) is 20.8 Å². The fourth-order valence-electron chi connectivity index (χ4n) is 1.28. The molecule has 2 heterocycles. The van der Waals surface area contributed by atoms with Crippen molar-refractivity contribution in [1.29, 1.82) is 0 Å². The Morgan fingerprint density at radius 3 is 2.56 bits per heavy atom. The van der Waals surface area contributed by atoms with E-state index < -0.39 is 0 Å². The van der Waals surface area contributed by atoms with Crippen LogP contribution in [-0.2, 0) is 6.54 Å². The molecule has 0 aliphatic carbocycles. The third kappa shape index (κ3) is 2.55. The van der Waals surface area contributed by atoms with Gasteiger partial charge in [0, 0.05) is 11.1 Å². The number of hydrogen-bond donors (Lipinski definition) is 1. The Hall–Kier alpha value is -1.49. The van der Waals surface area contributed by atoms with E-state index in [0.29, 0.717) is 6.54 Å². The number of anilines is 1. The highest BCUT2D eigenvalue weighted by Crippen LogP contribution is 2.13. The molecule has 0 radical (unpaired) electrons. The second-order valence-electron chi connectivity index (χ2n) is 3.64. The number of thiazole rings is 1. The van der Waals surface area contributed by atoms with Crippen molar-refractivity contribution in [3.8, 4) is 0 Å². The van der Waals surface area contributed by atoms with Crippen molar-refractivity contribution in [2.24, 2.45) is 0 Å². The third-order valence-electron chi connectivity index (χ3n) is 2.28. The largest absolute Gasteiger partial charge is 0.362 e. The number of nitrogens with zero attached hydrogens (tertiary/aromatic N) is 3. The molecule has 0 aromatic carbocycles. The van der Waals surface area contributed by atoms with Gasteiger partial charge in [-0.25, -0.2) is 9.97 Å². The van der Waals surface area contributed by atoms with Crippen molar-refractivity contribution in [1.82, 2.24) is 15.0 Å². The molecule has 2 aromatic heterocycles. The molecule has 0 fully saturated rings. The first kappa shape index (κ1) is 11.0. The summed E-state index contributed by atoms with van der Waals surface area (Å²) in [5.74, 6) is 0.802. The Balaban J connectivity index is 2.02. The predicted molar refractivity (Wildman–Crippen MR) is 65.7 cm³/mol. The molecule has 0 atom stereocenters. The van der Waals surface area contributed by atoms with Crippen molar-refractivity contribution in [3.05, 3.63) is 33.7 Å². The SMILES string of the molecule is Cc1cnc(CNc2cnc(C)c(C)n2)s1. The van der Waals surface area contributed by atoms with Crippen molar-refractivity contribution in [2.75, 3.05) is 5.32 Å². The normalized spacial score (nSPS) is 10.4. The van der Waals surface area contributed by atoms with Gasteiger partial charge in [0.15, 0.2) is 0 Å². The monoisotopic (exact) mass is 234 g/mol. The maximum absolute atomic E-state index is 4.40. The quantitative estimate of drug-likeness (QED) is 0.886. The maximum atomic E-state index is 4.40. The van der Waals surface area contributed by atoms with Crippen LogP contribution in [0.25, 0.3) is 0 Å². The van der Waals surface area contributed by atoms with Gasteiger partial charge in [-0.2, -0.15) is 0 Å². The molecule has 0 aliphatic heterocycles. The molecule has 16 heavy (non-hydrogen) atoms. The molecule has 0 saturated heterocycles. The van der Waals surface area contributed by atoms with Crippen LogP contribution in [0.2, 0.25) is 0 Å². The maximum Gasteiger partial charge on any atom is 0.145 e. The fraction of sp³-hybridized carbons (Fsp3) is 0.364. The van der Waals surface area contributed by atoms with E-state index in [1.54, 1.807) is 17.5 Å². The zero-order valence-electron chi connectivity index (χ0n) is 9.61. The lowest BCUT2D eigenvalue weighted by molar-refractivity contribution is 1.01. The van der Waals surface area contributed by atoms with Crippen LogP contribution in [0.1, 0.15) is 21.3 Å². The second kappa shape index (κ2) is 4.57. The smallest absolute Gasteiger partial charge is 0.145 e. The lowest BCUT2D eigenvalue weighted by atomic mass is 10.3. The molecule has 4 nitrogen and oxygen atoms in total. The summed E-state index contributed by atoms with van der Waals surface area (Å²) in [6.45, 7) is 6.67. The topological polar surface area (TPSA) is 50.7 Å². The Labute approximate surface area is 98.8 Å². The zero-order valence-corrected chi connectivity index (χ0v) is 10.4. The highest BCUT2D eigenvalue weighted by Gasteiger charge is 2.01. The van der Waals surface area contributed by atoms with Gasteiger partial charge in [-0.15, -0.1) is 11.3 Å². The predicted octanol–water partition coefficient (Wildman–Crippen LogP) is 2.47. The first-order chi connectivity index (χ1) is 7.65. The minimum atomic E-state index is 0.704. The second-order valence-corrected chi connectivity index (χ2v) is 4.96. The van der Waals surface area contributed by atoms with Crippen LogP contribution in [0, 0.1) is 20.8 Å². The van der Waals surface area contributed by atoms with E-state index in [4.69, 9.17) is 0 Å². The molecule has 2 rings (SSSR count). The van der Waals surface area contributed by atoms with Crippen LogP contribution in [-0.4, -0.2) is 15.0 Å². The van der Waals surface area contributed by atoms with Crippen LogP contribution in [0.4, 0.5) is 5.82 Å². The first-order valence-electron chi connectivity index (χ1n) is 5.10. The van der Waals surface area contributed by atoms with E-state index in [1.165, 1.54) is 4.88 Å². The molecule has 0 amide bonds. The van der Waals surface area contributed by atoms with Gasteiger partial charge >= 0.3 is 0 Å². The molecule has 0 unspecified atom stereocenters. The Kier molecular flexibility index (Phi) is 3.14. The summed E-state index contributed by atoms with van der Waals surface area (Å²) >= 11 is 1.69. The Bertz CT molecular complexity index is 492. The minimum Gasteiger partial charge on any atom is -0.362 e. The van der Waals surface area contributed by atoms with Crippen molar-refractivity contribution >= 4 is 17.2 Å². The summed E-state index contributed by atoms with van der Waals surface area (Å²) in [7, 11) is 0. The van der Waals surface area contributed by atoms with Crippen LogP contribution >= 0.6 is 11.3 Å². The standard InChI is InChI=1S/C11H14N4S/c1-7-4-14-11(16-7)6-13-10-5-12-8(2)9(3)15-10/h4-5H,6H2,1-3H3,(H,13,15). The van der Waals surface area contributed by atoms with Gasteiger partial charge in [-0.3, -0.25) is 4.98 Å². The molecule has 5 heteroatoms. The lowest BCUT2D eigenvalue weighted by Gasteiger charge is -2.04. The number of aryl methyl sites for hydroxylation is 3. The number of aromatic nitrogens is 3. The van der Waals surface area contributed by atoms with Crippen molar-refractivity contribution < 1.29 is 0 Å². The Morgan fingerprint density at radius 1 is 1.12 bits per heavy atom. The van der Waals surface area contributed by atoms with E-state index in [2.05, 4.69) is 27.2 Å². The summed E-state index contributed by atoms with van der Waals surface area (Å²) in [6, 6.07) is 0. The van der Waals surface area contributed by atoms with Crippen molar-refractivity contribution in [2.45, 2.75) is 27.3 Å². The number of hydrogen-bond acceptors (Lipinski definition) is 5. The molecule has 0 bridgehead atoms. The summed E-state index contributed by atoms with van der Waals surface area (Å²) < 4.78 is 0. The average molecular weight is 234 g/mol. The molecule has 0 saturated carbocycles. The van der Waals surface area contributed by atoms with Gasteiger partial charge in [0.1, 0.15) is 10.8 Å². The lowest BCUT2D eigenvalue weighted by Crippen LogP contribution is -2.03. The highest BCUT2D eigenvalue weighted by atomic mass is 32.1. The van der Waals surface area contributed by atoms with Crippen LogP contribution < -0.4 is 5.32 Å². The minimum absolute atomic E-state index is 0.704. The van der Waals surface area contributed by atoms with E-state index in [-0.39, 0.29) is 0 Å². The highest BCUT2D eigenvalue weighted by molar-refractivity contribution is 7.11. The summed E-state index contributed by atoms with van der Waals surface area (Å²) in [4.78, 5) is 14.2. The van der Waals surface area contributed by atoms with Crippen LogP contribution in [0.5, 0.6) is 0 Å². The number of nitrogens with one attached hydrogen (secondary N) is 1. The van der Waals surface area contributed by atoms with Crippen LogP contribution in [0.15, 0.2) is 12.4 Å². The summed E-state index contributed by atoms with van der Waals surface area (Å²) in [5, 5.41) is 4.28. The number of rotatable bonds is 3. The van der Waals surface area contributed by atoms with Crippen molar-refractivity contribution in [3.63, 3.8) is 0 Å². The summed E-state index contributed by atoms with van der Waals surface area (Å²) in [5.41, 5.74) is 1.93. The molecule has 0 spiro atoms. The Morgan fingerprint density at radius 2 is 1.94 bits per heavy atom. The zero-order chi connectivity index (χ0) is 11.5. The molecule has 2 aromatic rings. The first-order valence-corrected chi connectivity index (χ1v) is 5.92. The molecular formula is C11H14N4S. The average Bonchev–Trinajstić information content (AvgIpc) is 2.66.